The number of piperidine rings is 1. The monoisotopic (exact) mass is 351 g/mol. The minimum Gasteiger partial charge on any atom is -0.389 e. The summed E-state index contributed by atoms with van der Waals surface area (Å²) < 4.78 is 0. The topological polar surface area (TPSA) is 65.5 Å². The molecule has 1 saturated heterocycles. The van der Waals surface area contributed by atoms with Crippen LogP contribution in [0.1, 0.15) is 62.9 Å². The van der Waals surface area contributed by atoms with Crippen LogP contribution in [0.25, 0.3) is 0 Å². The lowest BCUT2D eigenvalue weighted by atomic mass is 9.71. The number of nitrogens with one attached hydrogen (secondary N) is 1. The Balaban J connectivity index is 1.58. The number of fused-ring (bicyclic) bond motifs is 1. The summed E-state index contributed by atoms with van der Waals surface area (Å²) in [6.45, 7) is 6.59. The van der Waals surface area contributed by atoms with Crippen molar-refractivity contribution in [3.63, 3.8) is 0 Å². The smallest absolute Gasteiger partial charge is 0.273 e. The lowest BCUT2D eigenvalue weighted by Crippen LogP contribution is -2.54. The van der Waals surface area contributed by atoms with E-state index in [1.54, 1.807) is 0 Å². The third-order valence-corrected chi connectivity index (χ3v) is 6.24. The van der Waals surface area contributed by atoms with Crippen LogP contribution in [-0.2, 0) is 0 Å². The van der Waals surface area contributed by atoms with E-state index in [0.717, 1.165) is 43.8 Å². The molecule has 0 spiro atoms. The van der Waals surface area contributed by atoms with Gasteiger partial charge in [0.05, 0.1) is 5.60 Å². The second kappa shape index (κ2) is 7.40. The number of anilines is 1. The van der Waals surface area contributed by atoms with Gasteiger partial charge in [-0.2, -0.15) is 0 Å². The fraction of sp³-hybridized carbons (Fsp3) is 0.778. The SMILES string of the molecule is CC(C)CCNc1nc(C(=O)N2CC[C@@]3(O)CCCC[C@@H]3C2)cs1. The van der Waals surface area contributed by atoms with Crippen LogP contribution in [0.5, 0.6) is 0 Å². The van der Waals surface area contributed by atoms with Gasteiger partial charge in [0.25, 0.3) is 5.91 Å². The summed E-state index contributed by atoms with van der Waals surface area (Å²) in [5.74, 6) is 0.892. The Morgan fingerprint density at radius 2 is 2.33 bits per heavy atom. The van der Waals surface area contributed by atoms with Crippen LogP contribution in [0, 0.1) is 11.8 Å². The molecule has 0 radical (unpaired) electrons. The van der Waals surface area contributed by atoms with E-state index in [2.05, 4.69) is 24.1 Å². The normalized spacial score (nSPS) is 27.2. The molecule has 2 heterocycles. The van der Waals surface area contributed by atoms with E-state index in [1.165, 1.54) is 11.3 Å². The Kier molecular flexibility index (Phi) is 5.45. The summed E-state index contributed by atoms with van der Waals surface area (Å²) in [5, 5.41) is 16.7. The van der Waals surface area contributed by atoms with E-state index in [1.807, 2.05) is 10.3 Å². The molecule has 6 heteroatoms. The molecule has 0 aromatic carbocycles. The zero-order chi connectivity index (χ0) is 17.2. The zero-order valence-electron chi connectivity index (χ0n) is 14.8. The molecule has 3 rings (SSSR count). The van der Waals surface area contributed by atoms with Gasteiger partial charge < -0.3 is 15.3 Å². The summed E-state index contributed by atoms with van der Waals surface area (Å²) in [6, 6.07) is 0. The highest BCUT2D eigenvalue weighted by Gasteiger charge is 2.44. The Labute approximate surface area is 148 Å². The lowest BCUT2D eigenvalue weighted by molar-refractivity contribution is -0.0886. The van der Waals surface area contributed by atoms with Gasteiger partial charge in [-0.05, 0) is 31.6 Å². The third-order valence-electron chi connectivity index (χ3n) is 5.44. The standard InChI is InChI=1S/C18H29N3O2S/c1-13(2)6-9-19-17-20-15(12-24-17)16(22)21-10-8-18(23)7-4-3-5-14(18)11-21/h12-14,23H,3-11H2,1-2H3,(H,19,20)/t14-,18+/m1/s1. The highest BCUT2D eigenvalue weighted by molar-refractivity contribution is 7.13. The van der Waals surface area contributed by atoms with Gasteiger partial charge in [-0.15, -0.1) is 11.3 Å². The Morgan fingerprint density at radius 3 is 3.12 bits per heavy atom. The van der Waals surface area contributed by atoms with E-state index in [9.17, 15) is 9.90 Å². The number of hydrogen-bond donors (Lipinski definition) is 2. The number of aliphatic hydroxyl groups is 1. The van der Waals surface area contributed by atoms with Crippen molar-refractivity contribution in [1.82, 2.24) is 9.88 Å². The maximum Gasteiger partial charge on any atom is 0.273 e. The van der Waals surface area contributed by atoms with E-state index < -0.39 is 5.60 Å². The van der Waals surface area contributed by atoms with Gasteiger partial charge in [0.1, 0.15) is 5.69 Å². The van der Waals surface area contributed by atoms with Crippen LogP contribution in [0.15, 0.2) is 5.38 Å². The zero-order valence-corrected chi connectivity index (χ0v) is 15.6. The van der Waals surface area contributed by atoms with Crippen molar-refractivity contribution in [3.8, 4) is 0 Å². The van der Waals surface area contributed by atoms with Crippen LogP contribution in [0.4, 0.5) is 5.13 Å². The number of carbonyl (C=O) groups is 1. The van der Waals surface area contributed by atoms with Gasteiger partial charge in [0.2, 0.25) is 0 Å². The molecule has 1 amide bonds. The fourth-order valence-corrected chi connectivity index (χ4v) is 4.55. The van der Waals surface area contributed by atoms with Gasteiger partial charge in [0.15, 0.2) is 5.13 Å². The highest BCUT2D eigenvalue weighted by Crippen LogP contribution is 2.40. The van der Waals surface area contributed by atoms with Crippen LogP contribution in [-0.4, -0.2) is 46.1 Å². The Morgan fingerprint density at radius 1 is 1.50 bits per heavy atom. The lowest BCUT2D eigenvalue weighted by Gasteiger charge is -2.47. The number of hydrogen-bond acceptors (Lipinski definition) is 5. The molecule has 0 bridgehead atoms. The molecule has 2 N–H and O–H groups in total. The quantitative estimate of drug-likeness (QED) is 0.854. The van der Waals surface area contributed by atoms with E-state index in [4.69, 9.17) is 0 Å². The maximum atomic E-state index is 12.7. The molecular formula is C18H29N3O2S. The molecular weight excluding hydrogens is 322 g/mol. The molecule has 1 aliphatic carbocycles. The van der Waals surface area contributed by atoms with E-state index >= 15 is 0 Å². The molecule has 1 aliphatic heterocycles. The average Bonchev–Trinajstić information content (AvgIpc) is 3.02. The third kappa shape index (κ3) is 3.91. The molecule has 2 fully saturated rings. The number of aromatic nitrogens is 1. The summed E-state index contributed by atoms with van der Waals surface area (Å²) in [7, 11) is 0. The molecule has 1 aromatic rings. The Hall–Kier alpha value is -1.14. The number of nitrogens with zero attached hydrogens (tertiary/aromatic N) is 2. The van der Waals surface area contributed by atoms with Gasteiger partial charge in [-0.25, -0.2) is 4.98 Å². The summed E-state index contributed by atoms with van der Waals surface area (Å²) in [5.41, 5.74) is -0.00555. The van der Waals surface area contributed by atoms with Crippen LogP contribution in [0.2, 0.25) is 0 Å². The minimum atomic E-state index is -0.541. The number of thiazole rings is 1. The first-order valence-electron chi connectivity index (χ1n) is 9.19. The Bertz CT molecular complexity index is 574. The van der Waals surface area contributed by atoms with Crippen molar-refractivity contribution in [2.24, 2.45) is 11.8 Å². The molecule has 0 unspecified atom stereocenters. The molecule has 134 valence electrons. The van der Waals surface area contributed by atoms with Crippen molar-refractivity contribution < 1.29 is 9.90 Å². The van der Waals surface area contributed by atoms with Crippen LogP contribution < -0.4 is 5.32 Å². The first-order valence-corrected chi connectivity index (χ1v) is 10.1. The van der Waals surface area contributed by atoms with E-state index in [0.29, 0.717) is 31.1 Å². The van der Waals surface area contributed by atoms with Crippen LogP contribution >= 0.6 is 11.3 Å². The predicted molar refractivity (Wildman–Crippen MR) is 97.5 cm³/mol. The van der Waals surface area contributed by atoms with Gasteiger partial charge in [0, 0.05) is 30.9 Å². The second-order valence-corrected chi connectivity index (χ2v) is 8.55. The van der Waals surface area contributed by atoms with Crippen molar-refractivity contribution >= 4 is 22.4 Å². The molecule has 2 aliphatic rings. The predicted octanol–water partition coefficient (Wildman–Crippen LogP) is 3.37. The molecule has 1 saturated carbocycles. The van der Waals surface area contributed by atoms with Gasteiger partial charge >= 0.3 is 0 Å². The maximum absolute atomic E-state index is 12.7. The van der Waals surface area contributed by atoms with Gasteiger partial charge in [-0.1, -0.05) is 26.7 Å². The fourth-order valence-electron chi connectivity index (χ4n) is 3.84. The average molecular weight is 352 g/mol. The minimum absolute atomic E-state index is 0.00998. The van der Waals surface area contributed by atoms with Crippen molar-refractivity contribution in [2.75, 3.05) is 25.0 Å². The first-order chi connectivity index (χ1) is 11.5. The number of rotatable bonds is 5. The largest absolute Gasteiger partial charge is 0.389 e. The molecule has 24 heavy (non-hydrogen) atoms. The van der Waals surface area contributed by atoms with Gasteiger partial charge in [-0.3, -0.25) is 4.79 Å². The second-order valence-electron chi connectivity index (χ2n) is 7.69. The molecule has 2 atom stereocenters. The number of likely N-dealkylation sites (tertiary alicyclic amines) is 1. The van der Waals surface area contributed by atoms with Crippen molar-refractivity contribution in [2.45, 2.75) is 58.0 Å². The summed E-state index contributed by atoms with van der Waals surface area (Å²) in [4.78, 5) is 19.1. The summed E-state index contributed by atoms with van der Waals surface area (Å²) >= 11 is 1.50. The first kappa shape index (κ1) is 17.7. The number of carbonyl (C=O) groups excluding carboxylic acids is 1. The number of amides is 1. The van der Waals surface area contributed by atoms with E-state index in [-0.39, 0.29) is 11.8 Å². The summed E-state index contributed by atoms with van der Waals surface area (Å²) in [6.07, 6.45) is 5.98. The van der Waals surface area contributed by atoms with Crippen molar-refractivity contribution in [3.05, 3.63) is 11.1 Å². The van der Waals surface area contributed by atoms with Crippen LogP contribution in [0.3, 0.4) is 0 Å². The highest BCUT2D eigenvalue weighted by atomic mass is 32.1. The van der Waals surface area contributed by atoms with Crippen molar-refractivity contribution in [1.29, 1.82) is 0 Å². The molecule has 5 nitrogen and oxygen atoms in total. The molecule has 1 aromatic heterocycles.